The molecule has 0 radical (unpaired) electrons. The molecule has 0 heterocycles. The maximum atomic E-state index is 13.2. The highest BCUT2D eigenvalue weighted by atomic mass is 19.3. The van der Waals surface area contributed by atoms with Gasteiger partial charge in [-0.15, -0.1) is 0 Å². The molecule has 0 unspecified atom stereocenters. The number of hydrogen-bond donors (Lipinski definition) is 1. The summed E-state index contributed by atoms with van der Waals surface area (Å²) in [5.74, 6) is -6.65. The molecule has 0 rings (SSSR count). The molecule has 128 valence electrons. The third kappa shape index (κ3) is 15.9. The lowest BCUT2D eigenvalue weighted by Gasteiger charge is -2.20. The van der Waals surface area contributed by atoms with Crippen LogP contribution < -0.4 is 5.32 Å². The van der Waals surface area contributed by atoms with Crippen molar-refractivity contribution in [3.05, 3.63) is 0 Å². The van der Waals surface area contributed by atoms with Gasteiger partial charge < -0.3 is 5.32 Å². The smallest absolute Gasteiger partial charge is 0.266 e. The highest BCUT2D eigenvalue weighted by Crippen LogP contribution is 2.29. The Morgan fingerprint density at radius 2 is 1.24 bits per heavy atom. The topological polar surface area (TPSA) is 12.0 Å². The highest BCUT2D eigenvalue weighted by molar-refractivity contribution is 4.76. The first-order valence-corrected chi connectivity index (χ1v) is 8.23. The third-order valence-electron chi connectivity index (χ3n) is 3.41. The lowest BCUT2D eigenvalue weighted by molar-refractivity contribution is -0.0984. The van der Waals surface area contributed by atoms with Gasteiger partial charge in [-0.2, -0.15) is 0 Å². The normalized spacial score (nSPS) is 12.9. The molecule has 0 fully saturated rings. The maximum absolute atomic E-state index is 13.2. The minimum absolute atomic E-state index is 0.473. The standard InChI is InChI=1S/C16H31F4N/c1-3-4-5-6-7-8-9-10-11-12-21-14-16(19,20)13-15(2,17)18/h21H,3-14H2,1-2H3. The molecule has 0 saturated heterocycles. The van der Waals surface area contributed by atoms with Gasteiger partial charge in [-0.1, -0.05) is 58.3 Å². The number of rotatable bonds is 14. The first-order chi connectivity index (χ1) is 9.77. The fraction of sp³-hybridized carbons (Fsp3) is 1.00. The third-order valence-corrected chi connectivity index (χ3v) is 3.41. The van der Waals surface area contributed by atoms with E-state index < -0.39 is 24.8 Å². The van der Waals surface area contributed by atoms with Crippen molar-refractivity contribution in [2.24, 2.45) is 0 Å². The van der Waals surface area contributed by atoms with Crippen LogP contribution in [0.3, 0.4) is 0 Å². The van der Waals surface area contributed by atoms with Crippen LogP contribution in [0.5, 0.6) is 0 Å². The fourth-order valence-corrected chi connectivity index (χ4v) is 2.35. The summed E-state index contributed by atoms with van der Waals surface area (Å²) < 4.78 is 51.4. The molecule has 1 N–H and O–H groups in total. The van der Waals surface area contributed by atoms with Crippen molar-refractivity contribution >= 4 is 0 Å². The van der Waals surface area contributed by atoms with Gasteiger partial charge in [0, 0.05) is 0 Å². The molecular formula is C16H31F4N. The average molecular weight is 313 g/mol. The Morgan fingerprint density at radius 1 is 0.762 bits per heavy atom. The van der Waals surface area contributed by atoms with Crippen LogP contribution in [0.15, 0.2) is 0 Å². The van der Waals surface area contributed by atoms with Crippen LogP contribution in [-0.4, -0.2) is 24.9 Å². The van der Waals surface area contributed by atoms with E-state index in [9.17, 15) is 17.6 Å². The summed E-state index contributed by atoms with van der Waals surface area (Å²) in [6.45, 7) is 2.54. The van der Waals surface area contributed by atoms with Crippen molar-refractivity contribution in [3.63, 3.8) is 0 Å². The van der Waals surface area contributed by atoms with Crippen LogP contribution in [0, 0.1) is 0 Å². The van der Waals surface area contributed by atoms with Gasteiger partial charge in [-0.25, -0.2) is 17.6 Å². The Balaban J connectivity index is 3.36. The molecular weight excluding hydrogens is 282 g/mol. The predicted octanol–water partition coefficient (Wildman–Crippen LogP) is 5.79. The Hall–Kier alpha value is -0.320. The van der Waals surface area contributed by atoms with Gasteiger partial charge in [0.05, 0.1) is 13.0 Å². The molecule has 0 aliphatic carbocycles. The number of unbranched alkanes of at least 4 members (excludes halogenated alkanes) is 8. The van der Waals surface area contributed by atoms with Crippen molar-refractivity contribution in [2.75, 3.05) is 13.1 Å². The van der Waals surface area contributed by atoms with Gasteiger partial charge in [0.1, 0.15) is 0 Å². The monoisotopic (exact) mass is 313 g/mol. The largest absolute Gasteiger partial charge is 0.311 e. The summed E-state index contributed by atoms with van der Waals surface area (Å²) in [4.78, 5) is 0. The van der Waals surface area contributed by atoms with Gasteiger partial charge in [-0.3, -0.25) is 0 Å². The van der Waals surface area contributed by atoms with Crippen molar-refractivity contribution in [3.8, 4) is 0 Å². The molecule has 0 aromatic heterocycles. The highest BCUT2D eigenvalue weighted by Gasteiger charge is 2.39. The molecule has 0 aromatic rings. The van der Waals surface area contributed by atoms with E-state index in [2.05, 4.69) is 12.2 Å². The first-order valence-electron chi connectivity index (χ1n) is 8.23. The number of halogens is 4. The lowest BCUT2D eigenvalue weighted by atomic mass is 10.1. The summed E-state index contributed by atoms with van der Waals surface area (Å²) in [5.41, 5.74) is 0. The predicted molar refractivity (Wildman–Crippen MR) is 80.3 cm³/mol. The Bertz CT molecular complexity index is 239. The number of nitrogens with one attached hydrogen (secondary N) is 1. The zero-order valence-corrected chi connectivity index (χ0v) is 13.5. The second-order valence-electron chi connectivity index (χ2n) is 6.11. The van der Waals surface area contributed by atoms with E-state index in [1.54, 1.807) is 0 Å². The molecule has 0 amide bonds. The van der Waals surface area contributed by atoms with E-state index in [0.717, 1.165) is 19.3 Å². The van der Waals surface area contributed by atoms with Crippen molar-refractivity contribution in [2.45, 2.75) is 89.9 Å². The van der Waals surface area contributed by atoms with Crippen molar-refractivity contribution < 1.29 is 17.6 Å². The fourth-order valence-electron chi connectivity index (χ4n) is 2.35. The minimum Gasteiger partial charge on any atom is -0.311 e. The van der Waals surface area contributed by atoms with Gasteiger partial charge in [-0.05, 0) is 19.9 Å². The summed E-state index contributed by atoms with van der Waals surface area (Å²) in [7, 11) is 0. The summed E-state index contributed by atoms with van der Waals surface area (Å²) in [6, 6.07) is 0. The minimum atomic E-state index is -3.34. The van der Waals surface area contributed by atoms with Gasteiger partial charge in [0.2, 0.25) is 0 Å². The Labute approximate surface area is 126 Å². The van der Waals surface area contributed by atoms with E-state index >= 15 is 0 Å². The molecule has 5 heteroatoms. The van der Waals surface area contributed by atoms with Gasteiger partial charge in [0.25, 0.3) is 11.8 Å². The average Bonchev–Trinajstić information content (AvgIpc) is 2.33. The van der Waals surface area contributed by atoms with E-state index in [4.69, 9.17) is 0 Å². The summed E-state index contributed by atoms with van der Waals surface area (Å²) >= 11 is 0. The maximum Gasteiger partial charge on any atom is 0.266 e. The molecule has 0 aliphatic heterocycles. The molecule has 0 aliphatic rings. The van der Waals surface area contributed by atoms with E-state index in [1.165, 1.54) is 38.5 Å². The van der Waals surface area contributed by atoms with Crippen LogP contribution in [0.25, 0.3) is 0 Å². The zero-order valence-electron chi connectivity index (χ0n) is 13.5. The van der Waals surface area contributed by atoms with Crippen LogP contribution in [0.2, 0.25) is 0 Å². The number of hydrogen-bond acceptors (Lipinski definition) is 1. The van der Waals surface area contributed by atoms with Crippen molar-refractivity contribution in [1.29, 1.82) is 0 Å². The Kier molecular flexibility index (Phi) is 11.1. The second-order valence-corrected chi connectivity index (χ2v) is 6.11. The molecule has 0 bridgehead atoms. The zero-order chi connectivity index (χ0) is 16.2. The van der Waals surface area contributed by atoms with Gasteiger partial charge >= 0.3 is 0 Å². The Morgan fingerprint density at radius 3 is 1.71 bits per heavy atom. The van der Waals surface area contributed by atoms with Crippen LogP contribution >= 0.6 is 0 Å². The van der Waals surface area contributed by atoms with Crippen LogP contribution in [0.4, 0.5) is 17.6 Å². The van der Waals surface area contributed by atoms with E-state index in [1.807, 2.05) is 0 Å². The molecule has 21 heavy (non-hydrogen) atoms. The molecule has 0 aromatic carbocycles. The SMILES string of the molecule is CCCCCCCCCCCNCC(F)(F)CC(C)(F)F. The summed E-state index contributed by atoms with van der Waals surface area (Å²) in [6.07, 6.45) is 9.15. The van der Waals surface area contributed by atoms with Crippen molar-refractivity contribution in [1.82, 2.24) is 5.32 Å². The molecule has 0 saturated carbocycles. The molecule has 0 atom stereocenters. The van der Waals surface area contributed by atoms with E-state index in [-0.39, 0.29) is 0 Å². The van der Waals surface area contributed by atoms with E-state index in [0.29, 0.717) is 13.5 Å². The van der Waals surface area contributed by atoms with Crippen LogP contribution in [0.1, 0.15) is 78.1 Å². The van der Waals surface area contributed by atoms with Crippen LogP contribution in [-0.2, 0) is 0 Å². The summed E-state index contributed by atoms with van der Waals surface area (Å²) in [5, 5.41) is 2.58. The second kappa shape index (κ2) is 11.3. The quantitative estimate of drug-likeness (QED) is 0.316. The molecule has 0 spiro atoms. The first kappa shape index (κ1) is 20.7. The van der Waals surface area contributed by atoms with Gasteiger partial charge in [0.15, 0.2) is 0 Å². The number of alkyl halides is 4. The lowest BCUT2D eigenvalue weighted by Crippen LogP contribution is -2.37. The molecule has 1 nitrogen and oxygen atoms in total.